The maximum atomic E-state index is 12.2. The molecule has 4 N–H and O–H groups in total. The second-order valence-corrected chi connectivity index (χ2v) is 10.7. The molecule has 1 aromatic carbocycles. The predicted molar refractivity (Wildman–Crippen MR) is 163 cm³/mol. The van der Waals surface area contributed by atoms with Gasteiger partial charge in [-0.2, -0.15) is 0 Å². The van der Waals surface area contributed by atoms with Gasteiger partial charge in [-0.3, -0.25) is 0 Å². The van der Waals surface area contributed by atoms with Gasteiger partial charge in [0.2, 0.25) is 0 Å². The van der Waals surface area contributed by atoms with Crippen LogP contribution in [0.25, 0.3) is 26.8 Å². The molecule has 2 amide bonds. The van der Waals surface area contributed by atoms with Crippen molar-refractivity contribution in [1.82, 2.24) is 25.2 Å². The Labute approximate surface area is 234 Å². The SMILES string of the molecule is CCCC(O)CCC.CCCNC(=O)N1CC=C(c2cc3c(Nc4ccc5ncsc5c4)ccnc3[nH]2)CC1. The number of nitrogens with zero attached hydrogens (tertiary/aromatic N) is 3. The van der Waals surface area contributed by atoms with Crippen LogP contribution in [0.1, 0.15) is 65.0 Å². The van der Waals surface area contributed by atoms with E-state index in [1.165, 1.54) is 5.57 Å². The summed E-state index contributed by atoms with van der Waals surface area (Å²) in [5.41, 5.74) is 8.04. The Morgan fingerprint density at radius 3 is 2.67 bits per heavy atom. The maximum Gasteiger partial charge on any atom is 0.317 e. The van der Waals surface area contributed by atoms with Gasteiger partial charge >= 0.3 is 6.03 Å². The second kappa shape index (κ2) is 14.1. The van der Waals surface area contributed by atoms with E-state index in [0.717, 1.165) is 76.8 Å². The zero-order valence-corrected chi connectivity index (χ0v) is 24.0. The first-order valence-corrected chi connectivity index (χ1v) is 14.9. The summed E-state index contributed by atoms with van der Waals surface area (Å²) >= 11 is 1.64. The number of thiazole rings is 1. The number of amides is 2. The van der Waals surface area contributed by atoms with E-state index in [1.54, 1.807) is 11.3 Å². The highest BCUT2D eigenvalue weighted by Crippen LogP contribution is 2.31. The van der Waals surface area contributed by atoms with Gasteiger partial charge in [-0.05, 0) is 61.6 Å². The lowest BCUT2D eigenvalue weighted by atomic mass is 10.0. The van der Waals surface area contributed by atoms with Crippen LogP contribution >= 0.6 is 11.3 Å². The highest BCUT2D eigenvalue weighted by Gasteiger charge is 2.19. The van der Waals surface area contributed by atoms with Crippen LogP contribution in [0.4, 0.5) is 16.2 Å². The number of urea groups is 1. The predicted octanol–water partition coefficient (Wildman–Crippen LogP) is 7.07. The summed E-state index contributed by atoms with van der Waals surface area (Å²) in [4.78, 5) is 26.3. The molecule has 0 atom stereocenters. The summed E-state index contributed by atoms with van der Waals surface area (Å²) < 4.78 is 1.16. The number of nitrogens with one attached hydrogen (secondary N) is 3. The van der Waals surface area contributed by atoms with E-state index in [0.29, 0.717) is 19.6 Å². The second-order valence-electron chi connectivity index (χ2n) is 9.85. The van der Waals surface area contributed by atoms with Crippen molar-refractivity contribution < 1.29 is 9.90 Å². The van der Waals surface area contributed by atoms with Crippen molar-refractivity contribution in [2.24, 2.45) is 0 Å². The van der Waals surface area contributed by atoms with Crippen LogP contribution in [0.5, 0.6) is 0 Å². The Morgan fingerprint density at radius 1 is 1.13 bits per heavy atom. The van der Waals surface area contributed by atoms with Gasteiger partial charge in [0.25, 0.3) is 0 Å². The molecular formula is C30H40N6O2S. The van der Waals surface area contributed by atoms with Gasteiger partial charge in [0.05, 0.1) is 27.5 Å². The van der Waals surface area contributed by atoms with E-state index < -0.39 is 0 Å². The Bertz CT molecular complexity index is 1390. The standard InChI is InChI=1S/C23H24N6OS.C7H16O/c1-2-8-25-23(30)29-10-6-15(7-11-29)20-13-17-18(5-9-24-22(17)28-20)27-16-3-4-19-21(12-16)31-14-26-19;1-3-5-7(8)6-4-2/h3-6,9,12-14H,2,7-8,10-11H2,1H3,(H,25,30)(H2,24,27,28);7-8H,3-6H2,1-2H3. The van der Waals surface area contributed by atoms with Crippen LogP contribution in [0.3, 0.4) is 0 Å². The zero-order chi connectivity index (χ0) is 27.6. The maximum absolute atomic E-state index is 12.2. The Kier molecular flexibility index (Phi) is 10.3. The first kappa shape index (κ1) is 28.6. The Balaban J connectivity index is 0.000000386. The minimum Gasteiger partial charge on any atom is -0.393 e. The van der Waals surface area contributed by atoms with Crippen LogP contribution in [0, 0.1) is 0 Å². The van der Waals surface area contributed by atoms with E-state index >= 15 is 0 Å². The Hall–Kier alpha value is -3.43. The number of aliphatic hydroxyl groups excluding tert-OH is 1. The molecule has 0 spiro atoms. The fourth-order valence-electron chi connectivity index (χ4n) is 4.65. The minimum absolute atomic E-state index is 0.0138. The number of aromatic nitrogens is 3. The third-order valence-electron chi connectivity index (χ3n) is 6.75. The van der Waals surface area contributed by atoms with Crippen molar-refractivity contribution >= 4 is 55.6 Å². The van der Waals surface area contributed by atoms with E-state index in [1.807, 2.05) is 34.8 Å². The normalized spacial score (nSPS) is 13.4. The largest absolute Gasteiger partial charge is 0.393 e. The summed E-state index contributed by atoms with van der Waals surface area (Å²) in [6.07, 6.45) is 9.79. The summed E-state index contributed by atoms with van der Waals surface area (Å²) in [6, 6.07) is 10.4. The monoisotopic (exact) mass is 548 g/mol. The third kappa shape index (κ3) is 7.58. The minimum atomic E-state index is -0.0370. The smallest absolute Gasteiger partial charge is 0.317 e. The molecule has 208 valence electrons. The van der Waals surface area contributed by atoms with E-state index in [2.05, 4.69) is 64.6 Å². The van der Waals surface area contributed by atoms with Crippen LogP contribution in [-0.4, -0.2) is 56.7 Å². The Morgan fingerprint density at radius 2 is 1.95 bits per heavy atom. The number of fused-ring (bicyclic) bond motifs is 2. The molecule has 0 radical (unpaired) electrons. The van der Waals surface area contributed by atoms with E-state index in [-0.39, 0.29) is 12.1 Å². The average molecular weight is 549 g/mol. The number of H-pyrrole nitrogens is 1. The number of carbonyl (C=O) groups excluding carboxylic acids is 1. The van der Waals surface area contributed by atoms with Crippen molar-refractivity contribution in [2.75, 3.05) is 25.0 Å². The van der Waals surface area contributed by atoms with Gasteiger partial charge in [-0.25, -0.2) is 14.8 Å². The van der Waals surface area contributed by atoms with Crippen molar-refractivity contribution in [3.05, 3.63) is 53.8 Å². The number of aliphatic hydroxyl groups is 1. The summed E-state index contributed by atoms with van der Waals surface area (Å²) in [7, 11) is 0. The number of carbonyl (C=O) groups is 1. The van der Waals surface area contributed by atoms with Crippen LogP contribution < -0.4 is 10.6 Å². The number of pyridine rings is 1. The van der Waals surface area contributed by atoms with Gasteiger partial charge in [-0.15, -0.1) is 11.3 Å². The van der Waals surface area contributed by atoms with Crippen LogP contribution in [0.2, 0.25) is 0 Å². The molecule has 0 saturated heterocycles. The van der Waals surface area contributed by atoms with Crippen molar-refractivity contribution in [3.63, 3.8) is 0 Å². The first-order valence-electron chi connectivity index (χ1n) is 14.0. The lowest BCUT2D eigenvalue weighted by Crippen LogP contribution is -2.42. The molecule has 5 rings (SSSR count). The number of hydrogen-bond acceptors (Lipinski definition) is 6. The fraction of sp³-hybridized carbons (Fsp3) is 0.433. The molecule has 1 aliphatic rings. The highest BCUT2D eigenvalue weighted by atomic mass is 32.1. The molecule has 0 aliphatic carbocycles. The number of hydrogen-bond donors (Lipinski definition) is 4. The summed E-state index contributed by atoms with van der Waals surface area (Å²) in [5, 5.41) is 16.6. The average Bonchev–Trinajstić information content (AvgIpc) is 3.60. The quantitative estimate of drug-likeness (QED) is 0.179. The van der Waals surface area contributed by atoms with Gasteiger partial charge in [0.1, 0.15) is 5.65 Å². The number of benzene rings is 1. The van der Waals surface area contributed by atoms with E-state index in [4.69, 9.17) is 5.11 Å². The molecule has 4 aromatic rings. The van der Waals surface area contributed by atoms with Crippen molar-refractivity contribution in [1.29, 1.82) is 0 Å². The van der Waals surface area contributed by atoms with Gasteiger partial charge in [0, 0.05) is 42.6 Å². The summed E-state index contributed by atoms with van der Waals surface area (Å²) in [6.45, 7) is 8.29. The highest BCUT2D eigenvalue weighted by molar-refractivity contribution is 7.16. The topological polar surface area (TPSA) is 106 Å². The van der Waals surface area contributed by atoms with Crippen molar-refractivity contribution in [3.8, 4) is 0 Å². The molecule has 4 heterocycles. The molecule has 0 bridgehead atoms. The van der Waals surface area contributed by atoms with Crippen molar-refractivity contribution in [2.45, 2.75) is 65.4 Å². The lowest BCUT2D eigenvalue weighted by Gasteiger charge is -2.26. The zero-order valence-electron chi connectivity index (χ0n) is 23.2. The molecule has 39 heavy (non-hydrogen) atoms. The molecule has 0 fully saturated rings. The molecule has 0 unspecified atom stereocenters. The molecule has 9 heteroatoms. The lowest BCUT2D eigenvalue weighted by molar-refractivity contribution is 0.153. The summed E-state index contributed by atoms with van der Waals surface area (Å²) in [5.74, 6) is 0. The van der Waals surface area contributed by atoms with Gasteiger partial charge in [-0.1, -0.05) is 39.7 Å². The van der Waals surface area contributed by atoms with E-state index in [9.17, 15) is 4.79 Å². The third-order valence-corrected chi connectivity index (χ3v) is 7.55. The number of anilines is 2. The first-order chi connectivity index (χ1) is 19.0. The molecule has 1 aliphatic heterocycles. The molecular weight excluding hydrogens is 508 g/mol. The van der Waals surface area contributed by atoms with Crippen LogP contribution in [-0.2, 0) is 0 Å². The number of rotatable bonds is 9. The van der Waals surface area contributed by atoms with Crippen LogP contribution in [0.15, 0.2) is 48.1 Å². The van der Waals surface area contributed by atoms with Gasteiger partial charge < -0.3 is 25.6 Å². The molecule has 0 saturated carbocycles. The molecule has 3 aromatic heterocycles. The van der Waals surface area contributed by atoms with Gasteiger partial charge in [0.15, 0.2) is 0 Å². The molecule has 8 nitrogen and oxygen atoms in total. The fourth-order valence-corrected chi connectivity index (χ4v) is 5.37. The number of aromatic amines is 1.